The molecule has 5 nitrogen and oxygen atoms in total. The van der Waals surface area contributed by atoms with E-state index in [-0.39, 0.29) is 30.3 Å². The zero-order chi connectivity index (χ0) is 15.7. The number of aryl methyl sites for hydroxylation is 1. The topological polar surface area (TPSA) is 68.3 Å². The molecule has 2 bridgehead atoms. The molecule has 3 rings (SSSR count). The molecule has 2 aliphatic carbocycles. The number of aromatic nitrogens is 1. The lowest BCUT2D eigenvalue weighted by molar-refractivity contribution is -0.148. The van der Waals surface area contributed by atoms with E-state index in [4.69, 9.17) is 4.74 Å². The van der Waals surface area contributed by atoms with Crippen LogP contribution in [0.3, 0.4) is 0 Å². The lowest BCUT2D eigenvalue weighted by Crippen LogP contribution is -2.47. The Balaban J connectivity index is 1.63. The molecule has 4 atom stereocenters. The smallest absolute Gasteiger partial charge is 0.311 e. The molecule has 0 aromatic carbocycles. The lowest BCUT2D eigenvalue weighted by atomic mass is 9.84. The first-order chi connectivity index (χ1) is 10.6. The number of carbonyl (C=O) groups is 2. The number of hydrogen-bond donors (Lipinski definition) is 1. The molecule has 0 unspecified atom stereocenters. The Morgan fingerprint density at radius 1 is 1.41 bits per heavy atom. The number of rotatable bonds is 5. The molecule has 2 saturated carbocycles. The fraction of sp³-hybridized carbons (Fsp3) is 0.688. The summed E-state index contributed by atoms with van der Waals surface area (Å²) in [6.07, 6.45) is 4.38. The highest BCUT2D eigenvalue weighted by molar-refractivity contribution is 7.09. The van der Waals surface area contributed by atoms with Gasteiger partial charge in [-0.05, 0) is 37.5 Å². The van der Waals surface area contributed by atoms with E-state index >= 15 is 0 Å². The monoisotopic (exact) mass is 322 g/mol. The van der Waals surface area contributed by atoms with Crippen LogP contribution in [0.1, 0.15) is 36.9 Å². The highest BCUT2D eigenvalue weighted by Gasteiger charge is 2.51. The molecule has 0 spiro atoms. The van der Waals surface area contributed by atoms with Gasteiger partial charge in [0.05, 0.1) is 30.2 Å². The number of fused-ring (bicyclic) bond motifs is 2. The van der Waals surface area contributed by atoms with Crippen molar-refractivity contribution in [2.75, 3.05) is 7.11 Å². The third kappa shape index (κ3) is 2.89. The minimum absolute atomic E-state index is 0.0422. The van der Waals surface area contributed by atoms with Gasteiger partial charge in [-0.25, -0.2) is 4.98 Å². The fourth-order valence-corrected chi connectivity index (χ4v) is 4.71. The molecule has 0 radical (unpaired) electrons. The molecule has 1 heterocycles. The molecule has 0 saturated heterocycles. The van der Waals surface area contributed by atoms with Crippen LogP contribution in [0.15, 0.2) is 5.38 Å². The van der Waals surface area contributed by atoms with E-state index in [0.717, 1.165) is 36.4 Å². The summed E-state index contributed by atoms with van der Waals surface area (Å²) in [5.41, 5.74) is 0.817. The number of nitrogens with one attached hydrogen (secondary N) is 1. The van der Waals surface area contributed by atoms with E-state index in [1.54, 1.807) is 11.3 Å². The Labute approximate surface area is 134 Å². The van der Waals surface area contributed by atoms with Crippen LogP contribution in [-0.2, 0) is 27.2 Å². The predicted molar refractivity (Wildman–Crippen MR) is 83.5 cm³/mol. The Morgan fingerprint density at radius 3 is 2.86 bits per heavy atom. The zero-order valence-corrected chi connectivity index (χ0v) is 13.8. The van der Waals surface area contributed by atoms with E-state index in [0.29, 0.717) is 11.8 Å². The molecule has 6 heteroatoms. The second-order valence-corrected chi connectivity index (χ2v) is 7.18. The van der Waals surface area contributed by atoms with E-state index in [1.807, 2.05) is 5.38 Å². The predicted octanol–water partition coefficient (Wildman–Crippen LogP) is 1.95. The van der Waals surface area contributed by atoms with Gasteiger partial charge in [-0.2, -0.15) is 0 Å². The van der Waals surface area contributed by atoms with E-state index in [1.165, 1.54) is 7.11 Å². The van der Waals surface area contributed by atoms with Crippen LogP contribution in [-0.4, -0.2) is 30.0 Å². The Hall–Kier alpha value is -1.43. The molecule has 2 aliphatic rings. The SMILES string of the molecule is CCc1nc(CC(=O)N[C@H]2[C@H]3CC[C@@H](C3)[C@H]2C(=O)OC)cs1. The van der Waals surface area contributed by atoms with Gasteiger partial charge in [0.25, 0.3) is 0 Å². The van der Waals surface area contributed by atoms with Crippen molar-refractivity contribution in [2.24, 2.45) is 17.8 Å². The summed E-state index contributed by atoms with van der Waals surface area (Å²) in [6, 6.07) is -0.0667. The summed E-state index contributed by atoms with van der Waals surface area (Å²) in [5.74, 6) is 0.390. The largest absolute Gasteiger partial charge is 0.469 e. The number of ether oxygens (including phenoxy) is 1. The minimum Gasteiger partial charge on any atom is -0.469 e. The van der Waals surface area contributed by atoms with Crippen LogP contribution < -0.4 is 5.32 Å². The molecular formula is C16H22N2O3S. The van der Waals surface area contributed by atoms with Crippen LogP contribution in [0, 0.1) is 17.8 Å². The van der Waals surface area contributed by atoms with Crippen molar-refractivity contribution < 1.29 is 14.3 Å². The van der Waals surface area contributed by atoms with Gasteiger partial charge in [-0.15, -0.1) is 11.3 Å². The van der Waals surface area contributed by atoms with Crippen molar-refractivity contribution in [3.8, 4) is 0 Å². The highest BCUT2D eigenvalue weighted by atomic mass is 32.1. The first-order valence-corrected chi connectivity index (χ1v) is 8.80. The Bertz CT molecular complexity index is 571. The second-order valence-electron chi connectivity index (χ2n) is 6.24. The van der Waals surface area contributed by atoms with Gasteiger partial charge in [-0.3, -0.25) is 9.59 Å². The van der Waals surface area contributed by atoms with Gasteiger partial charge >= 0.3 is 5.97 Å². The average molecular weight is 322 g/mol. The Kier molecular flexibility index (Phi) is 4.47. The van der Waals surface area contributed by atoms with Gasteiger partial charge in [0.1, 0.15) is 0 Å². The van der Waals surface area contributed by atoms with Crippen molar-refractivity contribution in [2.45, 2.75) is 45.1 Å². The van der Waals surface area contributed by atoms with Crippen molar-refractivity contribution >= 4 is 23.2 Å². The van der Waals surface area contributed by atoms with Crippen LogP contribution >= 0.6 is 11.3 Å². The van der Waals surface area contributed by atoms with Crippen molar-refractivity contribution in [1.29, 1.82) is 0 Å². The summed E-state index contributed by atoms with van der Waals surface area (Å²) in [5, 5.41) is 6.07. The van der Waals surface area contributed by atoms with Crippen molar-refractivity contribution in [1.82, 2.24) is 10.3 Å². The zero-order valence-electron chi connectivity index (χ0n) is 13.0. The molecule has 1 aromatic heterocycles. The normalized spacial score (nSPS) is 29.5. The van der Waals surface area contributed by atoms with E-state index in [9.17, 15) is 9.59 Å². The quantitative estimate of drug-likeness (QED) is 0.841. The van der Waals surface area contributed by atoms with Crippen LogP contribution in [0.25, 0.3) is 0 Å². The lowest BCUT2D eigenvalue weighted by Gasteiger charge is -2.29. The average Bonchev–Trinajstić information content (AvgIpc) is 3.21. The van der Waals surface area contributed by atoms with Gasteiger partial charge in [0.2, 0.25) is 5.91 Å². The van der Waals surface area contributed by atoms with Crippen LogP contribution in [0.5, 0.6) is 0 Å². The molecule has 120 valence electrons. The third-order valence-electron chi connectivity index (χ3n) is 4.96. The molecule has 2 fully saturated rings. The van der Waals surface area contributed by atoms with Crippen molar-refractivity contribution in [3.63, 3.8) is 0 Å². The van der Waals surface area contributed by atoms with Crippen LogP contribution in [0.2, 0.25) is 0 Å². The molecule has 22 heavy (non-hydrogen) atoms. The highest BCUT2D eigenvalue weighted by Crippen LogP contribution is 2.48. The number of nitrogens with zero attached hydrogens (tertiary/aromatic N) is 1. The first-order valence-electron chi connectivity index (χ1n) is 7.92. The number of hydrogen-bond acceptors (Lipinski definition) is 5. The molecule has 1 N–H and O–H groups in total. The van der Waals surface area contributed by atoms with E-state index in [2.05, 4.69) is 17.2 Å². The summed E-state index contributed by atoms with van der Waals surface area (Å²) in [6.45, 7) is 2.05. The Morgan fingerprint density at radius 2 is 2.18 bits per heavy atom. The number of amides is 1. The standard InChI is InChI=1S/C16H22N2O3S/c1-3-13-17-11(8-22-13)7-12(19)18-15-10-5-4-9(6-10)14(15)16(20)21-2/h8-10,14-15H,3-7H2,1-2H3,(H,18,19)/t9-,10-,14+,15-/m0/s1. The molecule has 1 amide bonds. The number of carbonyl (C=O) groups excluding carboxylic acids is 2. The number of thiazole rings is 1. The maximum absolute atomic E-state index is 12.3. The molecular weight excluding hydrogens is 300 g/mol. The van der Waals surface area contributed by atoms with Crippen molar-refractivity contribution in [3.05, 3.63) is 16.1 Å². The summed E-state index contributed by atoms with van der Waals surface area (Å²) < 4.78 is 4.93. The number of methoxy groups -OCH3 is 1. The minimum atomic E-state index is -0.181. The van der Waals surface area contributed by atoms with Crippen LogP contribution in [0.4, 0.5) is 0 Å². The summed E-state index contributed by atoms with van der Waals surface area (Å²) >= 11 is 1.59. The maximum atomic E-state index is 12.3. The van der Waals surface area contributed by atoms with Gasteiger partial charge < -0.3 is 10.1 Å². The molecule has 1 aromatic rings. The number of esters is 1. The molecule has 0 aliphatic heterocycles. The van der Waals surface area contributed by atoms with E-state index < -0.39 is 0 Å². The van der Waals surface area contributed by atoms with Gasteiger partial charge in [0.15, 0.2) is 0 Å². The summed E-state index contributed by atoms with van der Waals surface area (Å²) in [7, 11) is 1.43. The third-order valence-corrected chi connectivity index (χ3v) is 6.00. The maximum Gasteiger partial charge on any atom is 0.311 e. The van der Waals surface area contributed by atoms with Gasteiger partial charge in [-0.1, -0.05) is 6.92 Å². The second kappa shape index (κ2) is 6.36. The summed E-state index contributed by atoms with van der Waals surface area (Å²) in [4.78, 5) is 28.7. The fourth-order valence-electron chi connectivity index (χ4n) is 3.97. The van der Waals surface area contributed by atoms with Gasteiger partial charge in [0, 0.05) is 11.4 Å². The first kappa shape index (κ1) is 15.5.